The van der Waals surface area contributed by atoms with Crippen molar-refractivity contribution in [2.24, 2.45) is 5.92 Å². The van der Waals surface area contributed by atoms with Gasteiger partial charge < -0.3 is 5.32 Å². The lowest BCUT2D eigenvalue weighted by Crippen LogP contribution is -2.40. The molecule has 1 aromatic rings. The average molecular weight is 315 g/mol. The molecule has 0 heterocycles. The molecule has 0 aromatic heterocycles. The monoisotopic (exact) mass is 315 g/mol. The Morgan fingerprint density at radius 1 is 1.24 bits per heavy atom. The van der Waals surface area contributed by atoms with E-state index in [4.69, 9.17) is 0 Å². The van der Waals surface area contributed by atoms with Gasteiger partial charge in [0.2, 0.25) is 0 Å². The maximum absolute atomic E-state index is 13.8. The van der Waals surface area contributed by atoms with Crippen LogP contribution in [-0.2, 0) is 16.3 Å². The first-order chi connectivity index (χ1) is 9.57. The first kappa shape index (κ1) is 18.1. The van der Waals surface area contributed by atoms with Crippen molar-refractivity contribution in [2.75, 3.05) is 18.6 Å². The summed E-state index contributed by atoms with van der Waals surface area (Å²) in [7, 11) is -3.00. The highest BCUT2D eigenvalue weighted by atomic mass is 32.2. The molecule has 3 nitrogen and oxygen atoms in total. The van der Waals surface area contributed by atoms with Gasteiger partial charge in [-0.25, -0.2) is 12.8 Å². The van der Waals surface area contributed by atoms with E-state index < -0.39 is 9.84 Å². The number of nitrogens with one attached hydrogen (secondary N) is 1. The van der Waals surface area contributed by atoms with Crippen LogP contribution in [0.5, 0.6) is 0 Å². The maximum Gasteiger partial charge on any atom is 0.147 e. The Labute approximate surface area is 127 Å². The van der Waals surface area contributed by atoms with E-state index in [1.165, 1.54) is 12.3 Å². The normalized spacial score (nSPS) is 14.1. The summed E-state index contributed by atoms with van der Waals surface area (Å²) in [4.78, 5) is 0. The molecule has 0 saturated heterocycles. The second-order valence-electron chi connectivity index (χ2n) is 6.71. The van der Waals surface area contributed by atoms with Gasteiger partial charge in [-0.05, 0) is 57.7 Å². The lowest BCUT2D eigenvalue weighted by molar-refractivity contribution is 0.361. The lowest BCUT2D eigenvalue weighted by atomic mass is 9.95. The highest BCUT2D eigenvalue weighted by Gasteiger charge is 2.18. The van der Waals surface area contributed by atoms with E-state index in [1.807, 2.05) is 6.07 Å². The van der Waals surface area contributed by atoms with Crippen LogP contribution in [0.1, 0.15) is 32.8 Å². The molecule has 1 rings (SSSR count). The van der Waals surface area contributed by atoms with Gasteiger partial charge in [-0.15, -0.1) is 0 Å². The van der Waals surface area contributed by atoms with Crippen LogP contribution in [0.15, 0.2) is 24.3 Å². The number of rotatable bonds is 7. The summed E-state index contributed by atoms with van der Waals surface area (Å²) < 4.78 is 36.5. The molecule has 0 aliphatic carbocycles. The molecule has 0 fully saturated rings. The summed E-state index contributed by atoms with van der Waals surface area (Å²) >= 11 is 0. The number of hydrogen-bond donors (Lipinski definition) is 1. The molecule has 1 atom stereocenters. The van der Waals surface area contributed by atoms with Crippen molar-refractivity contribution in [3.05, 3.63) is 35.6 Å². The average Bonchev–Trinajstić information content (AvgIpc) is 2.33. The van der Waals surface area contributed by atoms with E-state index in [2.05, 4.69) is 26.1 Å². The third-order valence-corrected chi connectivity index (χ3v) is 4.26. The summed E-state index contributed by atoms with van der Waals surface area (Å²) in [5.41, 5.74) is 0.602. The van der Waals surface area contributed by atoms with E-state index in [0.29, 0.717) is 24.9 Å². The zero-order chi connectivity index (χ0) is 16.1. The Hall–Kier alpha value is -0.940. The van der Waals surface area contributed by atoms with Crippen LogP contribution in [0.4, 0.5) is 4.39 Å². The predicted molar refractivity (Wildman–Crippen MR) is 85.7 cm³/mol. The van der Waals surface area contributed by atoms with Gasteiger partial charge in [0.25, 0.3) is 0 Å². The summed E-state index contributed by atoms with van der Waals surface area (Å²) in [5.74, 6) is 0.00580. The molecule has 0 aliphatic rings. The van der Waals surface area contributed by atoms with Gasteiger partial charge in [0.05, 0.1) is 5.75 Å². The molecule has 0 spiro atoms. The van der Waals surface area contributed by atoms with Crippen LogP contribution in [0.25, 0.3) is 0 Å². The SMILES string of the molecule is CC(C)(C)NCC(CCS(C)(=O)=O)Cc1ccccc1F. The standard InChI is InChI=1S/C16H26FNO2S/c1-16(2,3)18-12-13(9-10-21(4,19)20)11-14-7-5-6-8-15(14)17/h5-8,13,18H,9-12H2,1-4H3. The lowest BCUT2D eigenvalue weighted by Gasteiger charge is -2.25. The molecule has 0 aliphatic heterocycles. The third kappa shape index (κ3) is 8.17. The van der Waals surface area contributed by atoms with Crippen molar-refractivity contribution >= 4 is 9.84 Å². The zero-order valence-electron chi connectivity index (χ0n) is 13.3. The minimum atomic E-state index is -3.00. The quantitative estimate of drug-likeness (QED) is 0.841. The Kier molecular flexibility index (Phi) is 6.35. The number of halogens is 1. The first-order valence-electron chi connectivity index (χ1n) is 7.23. The third-order valence-electron chi connectivity index (χ3n) is 3.28. The van der Waals surface area contributed by atoms with Crippen LogP contribution >= 0.6 is 0 Å². The zero-order valence-corrected chi connectivity index (χ0v) is 14.1. The minimum absolute atomic E-state index is 0.0431. The van der Waals surface area contributed by atoms with Crippen molar-refractivity contribution in [1.82, 2.24) is 5.32 Å². The van der Waals surface area contributed by atoms with Crippen LogP contribution in [0, 0.1) is 11.7 Å². The van der Waals surface area contributed by atoms with Gasteiger partial charge in [0, 0.05) is 11.8 Å². The molecule has 1 unspecified atom stereocenters. The fourth-order valence-corrected chi connectivity index (χ4v) is 2.84. The molecule has 5 heteroatoms. The molecule has 0 radical (unpaired) electrons. The molecular formula is C16H26FNO2S. The molecule has 0 amide bonds. The molecule has 1 aromatic carbocycles. The minimum Gasteiger partial charge on any atom is -0.312 e. The van der Waals surface area contributed by atoms with Gasteiger partial charge in [0.15, 0.2) is 0 Å². The van der Waals surface area contributed by atoms with Crippen molar-refractivity contribution in [3.63, 3.8) is 0 Å². The molecule has 1 N–H and O–H groups in total. The molecule has 0 bridgehead atoms. The number of benzene rings is 1. The molecule has 21 heavy (non-hydrogen) atoms. The Morgan fingerprint density at radius 2 is 1.86 bits per heavy atom. The van der Waals surface area contributed by atoms with Gasteiger partial charge in [-0.1, -0.05) is 18.2 Å². The molecular weight excluding hydrogens is 289 g/mol. The van der Waals surface area contributed by atoms with Crippen LogP contribution < -0.4 is 5.32 Å². The van der Waals surface area contributed by atoms with Gasteiger partial charge in [-0.3, -0.25) is 0 Å². The summed E-state index contributed by atoms with van der Waals surface area (Å²) in [5, 5.41) is 3.38. The van der Waals surface area contributed by atoms with Crippen LogP contribution in [0.2, 0.25) is 0 Å². The highest BCUT2D eigenvalue weighted by molar-refractivity contribution is 7.90. The van der Waals surface area contributed by atoms with Crippen molar-refractivity contribution in [1.29, 1.82) is 0 Å². The summed E-state index contributed by atoms with van der Waals surface area (Å²) in [6.45, 7) is 6.85. The van der Waals surface area contributed by atoms with E-state index in [0.717, 1.165) is 0 Å². The van der Waals surface area contributed by atoms with Crippen molar-refractivity contribution < 1.29 is 12.8 Å². The summed E-state index contributed by atoms with van der Waals surface area (Å²) in [6.07, 6.45) is 2.33. The number of hydrogen-bond acceptors (Lipinski definition) is 3. The van der Waals surface area contributed by atoms with Gasteiger partial charge in [0.1, 0.15) is 15.7 Å². The predicted octanol–water partition coefficient (Wildman–Crippen LogP) is 2.81. The van der Waals surface area contributed by atoms with Crippen LogP contribution in [0.3, 0.4) is 0 Å². The Balaban J connectivity index is 2.73. The number of sulfone groups is 1. The largest absolute Gasteiger partial charge is 0.312 e. The van der Waals surface area contributed by atoms with Gasteiger partial charge in [-0.2, -0.15) is 0 Å². The molecule has 0 saturated carbocycles. The topological polar surface area (TPSA) is 46.2 Å². The maximum atomic E-state index is 13.8. The van der Waals surface area contributed by atoms with E-state index in [1.54, 1.807) is 12.1 Å². The Bertz CT molecular complexity index is 550. The highest BCUT2D eigenvalue weighted by Crippen LogP contribution is 2.17. The smallest absolute Gasteiger partial charge is 0.147 e. The fourth-order valence-electron chi connectivity index (χ4n) is 2.08. The second-order valence-corrected chi connectivity index (χ2v) is 8.97. The molecule has 120 valence electrons. The summed E-state index contributed by atoms with van der Waals surface area (Å²) in [6, 6.07) is 6.68. The van der Waals surface area contributed by atoms with E-state index >= 15 is 0 Å². The fraction of sp³-hybridized carbons (Fsp3) is 0.625. The van der Waals surface area contributed by atoms with Gasteiger partial charge >= 0.3 is 0 Å². The van der Waals surface area contributed by atoms with E-state index in [-0.39, 0.29) is 23.0 Å². The van der Waals surface area contributed by atoms with Crippen molar-refractivity contribution in [3.8, 4) is 0 Å². The second kappa shape index (κ2) is 7.36. The van der Waals surface area contributed by atoms with E-state index in [9.17, 15) is 12.8 Å². The van der Waals surface area contributed by atoms with Crippen LogP contribution in [-0.4, -0.2) is 32.5 Å². The van der Waals surface area contributed by atoms with Crippen molar-refractivity contribution in [2.45, 2.75) is 39.2 Å². The first-order valence-corrected chi connectivity index (χ1v) is 9.29. The Morgan fingerprint density at radius 3 is 2.38 bits per heavy atom.